The average Bonchev–Trinajstić information content (AvgIpc) is 3.37. The molecule has 3 aromatic rings. The first-order valence-corrected chi connectivity index (χ1v) is 13.8. The molecule has 3 aromatic heterocycles. The summed E-state index contributed by atoms with van der Waals surface area (Å²) in [5, 5.41) is 5.64. The zero-order chi connectivity index (χ0) is 27.8. The molecule has 0 aliphatic carbocycles. The van der Waals surface area contributed by atoms with Gasteiger partial charge in [0.2, 0.25) is 5.95 Å². The second-order valence-corrected chi connectivity index (χ2v) is 10.7. The molecule has 1 aliphatic rings. The Morgan fingerprint density at radius 2 is 1.92 bits per heavy atom. The summed E-state index contributed by atoms with van der Waals surface area (Å²) in [6.45, 7) is 12.0. The second kappa shape index (κ2) is 13.5. The molecule has 204 valence electrons. The van der Waals surface area contributed by atoms with Gasteiger partial charge in [-0.15, -0.1) is 24.0 Å². The highest BCUT2D eigenvalue weighted by Gasteiger charge is 2.29. The van der Waals surface area contributed by atoms with Gasteiger partial charge in [0.15, 0.2) is 10.9 Å². The number of nitrogens with zero attached hydrogens (tertiary/aromatic N) is 6. The van der Waals surface area contributed by atoms with Crippen LogP contribution in [0.2, 0.25) is 0 Å². The Kier molecular flexibility index (Phi) is 10.4. The number of rotatable bonds is 6. The van der Waals surface area contributed by atoms with E-state index >= 15 is 0 Å². The zero-order valence-electron chi connectivity index (χ0n) is 22.3. The molecule has 0 saturated carbocycles. The first-order valence-electron chi connectivity index (χ1n) is 12.5. The van der Waals surface area contributed by atoms with Crippen molar-refractivity contribution in [3.05, 3.63) is 58.9 Å². The Bertz CT molecular complexity index is 1230. The molecule has 12 heteroatoms. The second-order valence-electron chi connectivity index (χ2n) is 9.42. The van der Waals surface area contributed by atoms with Gasteiger partial charge in [0.05, 0.1) is 23.7 Å². The number of allylic oxidation sites excluding steroid dienone is 1. The molecule has 0 bridgehead atoms. The van der Waals surface area contributed by atoms with Gasteiger partial charge in [-0.2, -0.15) is 0 Å². The number of hydrogen-bond donors (Lipinski definition) is 3. The lowest BCUT2D eigenvalue weighted by Gasteiger charge is -2.39. The number of hydrogen-bond acceptors (Lipinski definition) is 10. The maximum atomic E-state index is 13.1. The third kappa shape index (κ3) is 7.87. The van der Waals surface area contributed by atoms with Gasteiger partial charge in [0, 0.05) is 47.9 Å². The third-order valence-corrected chi connectivity index (χ3v) is 7.30. The molecule has 38 heavy (non-hydrogen) atoms. The van der Waals surface area contributed by atoms with Crippen molar-refractivity contribution in [1.82, 2.24) is 24.8 Å². The fourth-order valence-corrected chi connectivity index (χ4v) is 4.33. The largest absolute Gasteiger partial charge is 0.401 e. The highest BCUT2D eigenvalue weighted by Crippen LogP contribution is 2.27. The number of amides is 1. The molecule has 0 aromatic carbocycles. The number of pyridine rings is 1. The Labute approximate surface area is 232 Å². The van der Waals surface area contributed by atoms with Crippen LogP contribution in [-0.2, 0) is 0 Å². The van der Waals surface area contributed by atoms with Gasteiger partial charge in [-0.3, -0.25) is 4.79 Å². The fraction of sp³-hybridized carbons (Fsp3) is 0.423. The molecular weight excluding hydrogens is 523 g/mol. The van der Waals surface area contributed by atoms with E-state index < -0.39 is 5.82 Å². The summed E-state index contributed by atoms with van der Waals surface area (Å²) in [6.07, 6.45) is 5.15. The van der Waals surface area contributed by atoms with Gasteiger partial charge in [0.25, 0.3) is 5.91 Å². The summed E-state index contributed by atoms with van der Waals surface area (Å²) in [5.41, 5.74) is 7.55. The van der Waals surface area contributed by atoms with Crippen molar-refractivity contribution in [2.75, 3.05) is 29.9 Å². The van der Waals surface area contributed by atoms with Crippen molar-refractivity contribution < 1.29 is 9.18 Å². The van der Waals surface area contributed by atoms with Gasteiger partial charge in [0.1, 0.15) is 5.82 Å². The Morgan fingerprint density at radius 1 is 1.24 bits per heavy atom. The van der Waals surface area contributed by atoms with E-state index in [1.807, 2.05) is 17.2 Å². The number of nitrogens with one attached hydrogen (secondary N) is 1. The normalized spacial score (nSPS) is 16.1. The predicted molar refractivity (Wildman–Crippen MR) is 155 cm³/mol. The van der Waals surface area contributed by atoms with E-state index in [2.05, 4.69) is 58.7 Å². The van der Waals surface area contributed by atoms with Crippen LogP contribution < -0.4 is 16.0 Å². The SMILES string of the molecule is C/C(N)=C(/S)c1csc(Nc2ccc(C(=O)N3CCN(c4ncc(F)cn4)C[C@H]3C)cn2)n1.CCC(C)C. The molecule has 4 heterocycles. The van der Waals surface area contributed by atoms with Crippen LogP contribution in [0.5, 0.6) is 0 Å². The van der Waals surface area contributed by atoms with Crippen LogP contribution in [0.1, 0.15) is 57.1 Å². The molecular formula is C26H35FN8OS2. The Morgan fingerprint density at radius 3 is 2.47 bits per heavy atom. The molecule has 1 aliphatic heterocycles. The molecule has 4 rings (SSSR count). The minimum Gasteiger partial charge on any atom is -0.401 e. The molecule has 1 amide bonds. The van der Waals surface area contributed by atoms with Crippen molar-refractivity contribution in [1.29, 1.82) is 0 Å². The monoisotopic (exact) mass is 558 g/mol. The van der Waals surface area contributed by atoms with Gasteiger partial charge in [-0.1, -0.05) is 27.2 Å². The van der Waals surface area contributed by atoms with Crippen molar-refractivity contribution in [3.8, 4) is 0 Å². The van der Waals surface area contributed by atoms with E-state index in [0.29, 0.717) is 58.4 Å². The molecule has 1 saturated heterocycles. The minimum absolute atomic E-state index is 0.0686. The minimum atomic E-state index is -0.477. The quantitative estimate of drug-likeness (QED) is 0.354. The van der Waals surface area contributed by atoms with E-state index in [9.17, 15) is 9.18 Å². The molecule has 0 radical (unpaired) electrons. The number of aromatic nitrogens is 4. The van der Waals surface area contributed by atoms with Crippen LogP contribution >= 0.6 is 24.0 Å². The van der Waals surface area contributed by atoms with Crippen molar-refractivity contribution >= 4 is 51.7 Å². The summed E-state index contributed by atoms with van der Waals surface area (Å²) < 4.78 is 13.1. The summed E-state index contributed by atoms with van der Waals surface area (Å²) in [4.78, 5) is 34.3. The number of halogens is 1. The summed E-state index contributed by atoms with van der Waals surface area (Å²) in [5.74, 6) is 1.35. The van der Waals surface area contributed by atoms with Crippen LogP contribution in [0.25, 0.3) is 4.91 Å². The molecule has 1 fully saturated rings. The van der Waals surface area contributed by atoms with Gasteiger partial charge in [-0.05, 0) is 31.9 Å². The number of thiazole rings is 1. The molecule has 0 spiro atoms. The van der Waals surface area contributed by atoms with Gasteiger partial charge >= 0.3 is 0 Å². The van der Waals surface area contributed by atoms with Crippen LogP contribution in [0.4, 0.5) is 21.3 Å². The Hall–Kier alpha value is -3.25. The number of thiol groups is 1. The molecule has 1 atom stereocenters. The van der Waals surface area contributed by atoms with E-state index in [-0.39, 0.29) is 11.9 Å². The lowest BCUT2D eigenvalue weighted by molar-refractivity contribution is 0.0673. The standard InChI is InChI=1S/C21H23FN8OS2.C5H12/c1-12-10-29(20-25-8-15(22)9-26-20)5-6-30(12)19(31)14-3-4-17(24-7-14)28-21-27-16(11-33-21)18(32)13(2)23;1-4-5(2)3/h3-4,7-9,11-12,32H,5-6,10,23H2,1-2H3,(H,24,27,28);5H,4H2,1-3H3/b18-13-;/t12-;/m1./s1. The van der Waals surface area contributed by atoms with E-state index in [1.165, 1.54) is 17.8 Å². The van der Waals surface area contributed by atoms with Gasteiger partial charge in [-0.25, -0.2) is 24.3 Å². The summed E-state index contributed by atoms with van der Waals surface area (Å²) in [6, 6.07) is 3.41. The van der Waals surface area contributed by atoms with Gasteiger partial charge < -0.3 is 20.9 Å². The first kappa shape index (κ1) is 29.3. The number of anilines is 3. The molecule has 3 N–H and O–H groups in total. The third-order valence-electron chi connectivity index (χ3n) is 5.96. The van der Waals surface area contributed by atoms with E-state index in [0.717, 1.165) is 18.3 Å². The van der Waals surface area contributed by atoms with Crippen LogP contribution in [0.15, 0.2) is 41.8 Å². The molecule has 9 nitrogen and oxygen atoms in total. The van der Waals surface area contributed by atoms with Crippen molar-refractivity contribution in [2.24, 2.45) is 11.7 Å². The van der Waals surface area contributed by atoms with Crippen LogP contribution in [0, 0.1) is 11.7 Å². The summed E-state index contributed by atoms with van der Waals surface area (Å²) >= 11 is 5.78. The molecule has 0 unspecified atom stereocenters. The highest BCUT2D eigenvalue weighted by atomic mass is 32.1. The topological polar surface area (TPSA) is 113 Å². The van der Waals surface area contributed by atoms with Crippen molar-refractivity contribution in [3.63, 3.8) is 0 Å². The van der Waals surface area contributed by atoms with Crippen molar-refractivity contribution in [2.45, 2.75) is 47.1 Å². The number of carbonyl (C=O) groups is 1. The maximum absolute atomic E-state index is 13.1. The fourth-order valence-electron chi connectivity index (χ4n) is 3.42. The first-order chi connectivity index (χ1) is 18.1. The smallest absolute Gasteiger partial charge is 0.255 e. The number of piperazine rings is 1. The predicted octanol–water partition coefficient (Wildman–Crippen LogP) is 5.19. The average molecular weight is 559 g/mol. The maximum Gasteiger partial charge on any atom is 0.255 e. The number of nitrogens with two attached hydrogens (primary N) is 1. The van der Waals surface area contributed by atoms with Crippen LogP contribution in [0.3, 0.4) is 0 Å². The zero-order valence-corrected chi connectivity index (χ0v) is 24.1. The number of carbonyl (C=O) groups excluding carboxylic acids is 1. The lowest BCUT2D eigenvalue weighted by Crippen LogP contribution is -2.54. The lowest BCUT2D eigenvalue weighted by atomic mass is 10.1. The van der Waals surface area contributed by atoms with E-state index in [1.54, 1.807) is 30.2 Å². The summed E-state index contributed by atoms with van der Waals surface area (Å²) in [7, 11) is 0. The van der Waals surface area contributed by atoms with Crippen LogP contribution in [-0.4, -0.2) is 56.4 Å². The highest BCUT2D eigenvalue weighted by molar-refractivity contribution is 7.90. The van der Waals surface area contributed by atoms with E-state index in [4.69, 9.17) is 5.73 Å². The Balaban J connectivity index is 0.000000732.